The number of hydrogen-bond acceptors (Lipinski definition) is 2. The van der Waals surface area contributed by atoms with Gasteiger partial charge in [0.25, 0.3) is 0 Å². The Hall–Kier alpha value is -1.02. The molecule has 0 spiro atoms. The molecule has 2 nitrogen and oxygen atoms in total. The molecule has 0 saturated carbocycles. The first-order valence-corrected chi connectivity index (χ1v) is 6.87. The van der Waals surface area contributed by atoms with Crippen molar-refractivity contribution in [2.45, 2.75) is 40.5 Å². The van der Waals surface area contributed by atoms with Gasteiger partial charge in [0, 0.05) is 5.56 Å². The summed E-state index contributed by atoms with van der Waals surface area (Å²) in [6, 6.07) is 4.38. The third-order valence-corrected chi connectivity index (χ3v) is 3.74. The molecule has 0 saturated heterocycles. The van der Waals surface area contributed by atoms with Gasteiger partial charge in [-0.2, -0.15) is 0 Å². The fourth-order valence-corrected chi connectivity index (χ4v) is 2.53. The van der Waals surface area contributed by atoms with Gasteiger partial charge < -0.3 is 10.1 Å². The Bertz CT molecular complexity index is 387. The molecule has 1 N–H and O–H groups in total. The molecule has 0 heterocycles. The number of ether oxygens (including phenoxy) is 1. The lowest BCUT2D eigenvalue weighted by atomic mass is 9.85. The molecule has 1 rings (SSSR count). The normalized spacial score (nSPS) is 14.3. The molecule has 0 aliphatic heterocycles. The molecule has 0 bridgehead atoms. The molecule has 0 aromatic heterocycles. The third-order valence-electron chi connectivity index (χ3n) is 3.74. The van der Waals surface area contributed by atoms with Crippen LogP contribution in [0.4, 0.5) is 0 Å². The van der Waals surface area contributed by atoms with E-state index in [2.05, 4.69) is 52.1 Å². The van der Waals surface area contributed by atoms with Crippen LogP contribution in [-0.4, -0.2) is 20.2 Å². The Morgan fingerprint density at radius 1 is 1.22 bits per heavy atom. The van der Waals surface area contributed by atoms with Crippen molar-refractivity contribution in [2.24, 2.45) is 5.92 Å². The molecule has 0 radical (unpaired) electrons. The van der Waals surface area contributed by atoms with Gasteiger partial charge in [0.05, 0.1) is 7.11 Å². The topological polar surface area (TPSA) is 21.3 Å². The quantitative estimate of drug-likeness (QED) is 0.830. The highest BCUT2D eigenvalue weighted by Crippen LogP contribution is 2.35. The van der Waals surface area contributed by atoms with Gasteiger partial charge in [-0.3, -0.25) is 0 Å². The first-order chi connectivity index (χ1) is 8.51. The van der Waals surface area contributed by atoms with Gasteiger partial charge in [0.2, 0.25) is 0 Å². The summed E-state index contributed by atoms with van der Waals surface area (Å²) in [6.07, 6.45) is 0. The van der Waals surface area contributed by atoms with Gasteiger partial charge >= 0.3 is 0 Å². The highest BCUT2D eigenvalue weighted by Gasteiger charge is 2.20. The summed E-state index contributed by atoms with van der Waals surface area (Å²) < 4.78 is 5.56. The van der Waals surface area contributed by atoms with E-state index < -0.39 is 0 Å². The molecular weight excluding hydrogens is 222 g/mol. The molecule has 0 amide bonds. The van der Waals surface area contributed by atoms with Crippen molar-refractivity contribution in [3.63, 3.8) is 0 Å². The SMILES string of the molecule is CCNCC(C)C(C)c1c(C)cc(C)cc1OC. The molecule has 0 aliphatic rings. The van der Waals surface area contributed by atoms with E-state index in [1.807, 2.05) is 0 Å². The zero-order valence-corrected chi connectivity index (χ0v) is 12.6. The van der Waals surface area contributed by atoms with Gasteiger partial charge in [-0.15, -0.1) is 0 Å². The molecule has 2 atom stereocenters. The maximum Gasteiger partial charge on any atom is 0.122 e. The minimum Gasteiger partial charge on any atom is -0.496 e. The summed E-state index contributed by atoms with van der Waals surface area (Å²) in [7, 11) is 1.76. The molecule has 1 aromatic rings. The maximum atomic E-state index is 5.56. The average Bonchev–Trinajstić information content (AvgIpc) is 2.34. The van der Waals surface area contributed by atoms with Crippen LogP contribution in [0.15, 0.2) is 12.1 Å². The standard InChI is InChI=1S/C16H27NO/c1-7-17-10-13(4)14(5)16-12(3)8-11(2)9-15(16)18-6/h8-9,13-14,17H,7,10H2,1-6H3. The highest BCUT2D eigenvalue weighted by atomic mass is 16.5. The number of methoxy groups -OCH3 is 1. The smallest absolute Gasteiger partial charge is 0.122 e. The number of nitrogens with one attached hydrogen (secondary N) is 1. The minimum absolute atomic E-state index is 0.500. The fourth-order valence-electron chi connectivity index (χ4n) is 2.53. The van der Waals surface area contributed by atoms with Crippen LogP contribution in [0.25, 0.3) is 0 Å². The molecule has 102 valence electrons. The Labute approximate surface area is 112 Å². The molecule has 2 heteroatoms. The number of hydrogen-bond donors (Lipinski definition) is 1. The molecule has 2 unspecified atom stereocenters. The lowest BCUT2D eigenvalue weighted by molar-refractivity contribution is 0.389. The van der Waals surface area contributed by atoms with Gasteiger partial charge in [0.1, 0.15) is 5.75 Å². The van der Waals surface area contributed by atoms with Crippen molar-refractivity contribution in [2.75, 3.05) is 20.2 Å². The summed E-state index contributed by atoms with van der Waals surface area (Å²) in [5.74, 6) is 2.13. The van der Waals surface area contributed by atoms with Crippen LogP contribution >= 0.6 is 0 Å². The summed E-state index contributed by atoms with van der Waals surface area (Å²) in [5, 5.41) is 3.43. The second-order valence-corrected chi connectivity index (χ2v) is 5.27. The van der Waals surface area contributed by atoms with E-state index >= 15 is 0 Å². The van der Waals surface area contributed by atoms with Crippen molar-refractivity contribution < 1.29 is 4.74 Å². The monoisotopic (exact) mass is 249 g/mol. The minimum atomic E-state index is 0.500. The predicted molar refractivity (Wildman–Crippen MR) is 78.6 cm³/mol. The van der Waals surface area contributed by atoms with Crippen molar-refractivity contribution in [1.29, 1.82) is 0 Å². The van der Waals surface area contributed by atoms with E-state index in [0.29, 0.717) is 11.8 Å². The van der Waals surface area contributed by atoms with Crippen LogP contribution in [0, 0.1) is 19.8 Å². The van der Waals surface area contributed by atoms with Crippen LogP contribution in [0.3, 0.4) is 0 Å². The van der Waals surface area contributed by atoms with Gasteiger partial charge in [-0.1, -0.05) is 26.8 Å². The molecule has 0 fully saturated rings. The van der Waals surface area contributed by atoms with E-state index in [0.717, 1.165) is 18.8 Å². The van der Waals surface area contributed by atoms with Crippen molar-refractivity contribution in [3.8, 4) is 5.75 Å². The van der Waals surface area contributed by atoms with Crippen LogP contribution in [0.2, 0.25) is 0 Å². The van der Waals surface area contributed by atoms with Crippen LogP contribution in [0.1, 0.15) is 43.4 Å². The third kappa shape index (κ3) is 3.49. The number of aryl methyl sites for hydroxylation is 2. The van der Waals surface area contributed by atoms with Gasteiger partial charge in [-0.05, 0) is 56.0 Å². The lowest BCUT2D eigenvalue weighted by Gasteiger charge is -2.24. The Balaban J connectivity index is 3.00. The lowest BCUT2D eigenvalue weighted by Crippen LogP contribution is -2.24. The molecule has 0 aliphatic carbocycles. The van der Waals surface area contributed by atoms with E-state index in [9.17, 15) is 0 Å². The van der Waals surface area contributed by atoms with Gasteiger partial charge in [0.15, 0.2) is 0 Å². The van der Waals surface area contributed by atoms with E-state index in [1.54, 1.807) is 7.11 Å². The van der Waals surface area contributed by atoms with Crippen LogP contribution in [0.5, 0.6) is 5.75 Å². The van der Waals surface area contributed by atoms with Crippen molar-refractivity contribution >= 4 is 0 Å². The second kappa shape index (κ2) is 6.79. The number of rotatable bonds is 6. The second-order valence-electron chi connectivity index (χ2n) is 5.27. The number of benzene rings is 1. The summed E-state index contributed by atoms with van der Waals surface area (Å²) in [5.41, 5.74) is 3.95. The average molecular weight is 249 g/mol. The van der Waals surface area contributed by atoms with Crippen LogP contribution in [-0.2, 0) is 0 Å². The molecular formula is C16H27NO. The first-order valence-electron chi connectivity index (χ1n) is 6.87. The maximum absolute atomic E-state index is 5.56. The summed E-state index contributed by atoms with van der Waals surface area (Å²) in [6.45, 7) is 13.1. The Morgan fingerprint density at radius 2 is 1.89 bits per heavy atom. The van der Waals surface area contributed by atoms with Crippen molar-refractivity contribution in [3.05, 3.63) is 28.8 Å². The zero-order chi connectivity index (χ0) is 13.7. The predicted octanol–water partition coefficient (Wildman–Crippen LogP) is 3.66. The summed E-state index contributed by atoms with van der Waals surface area (Å²) in [4.78, 5) is 0. The Kier molecular flexibility index (Phi) is 5.67. The zero-order valence-electron chi connectivity index (χ0n) is 12.6. The van der Waals surface area contributed by atoms with E-state index in [-0.39, 0.29) is 0 Å². The van der Waals surface area contributed by atoms with Crippen LogP contribution < -0.4 is 10.1 Å². The van der Waals surface area contributed by atoms with E-state index in [1.165, 1.54) is 16.7 Å². The fraction of sp³-hybridized carbons (Fsp3) is 0.625. The van der Waals surface area contributed by atoms with E-state index in [4.69, 9.17) is 4.74 Å². The molecule has 1 aromatic carbocycles. The molecule has 18 heavy (non-hydrogen) atoms. The summed E-state index contributed by atoms with van der Waals surface area (Å²) >= 11 is 0. The van der Waals surface area contributed by atoms with Gasteiger partial charge in [-0.25, -0.2) is 0 Å². The first kappa shape index (κ1) is 15.0. The van der Waals surface area contributed by atoms with Crippen molar-refractivity contribution in [1.82, 2.24) is 5.32 Å². The Morgan fingerprint density at radius 3 is 2.44 bits per heavy atom. The highest BCUT2D eigenvalue weighted by molar-refractivity contribution is 5.45. The largest absolute Gasteiger partial charge is 0.496 e.